The lowest BCUT2D eigenvalue weighted by molar-refractivity contribution is -0.128. The molecule has 1 spiro atoms. The van der Waals surface area contributed by atoms with Gasteiger partial charge in [-0.05, 0) is 42.2 Å². The molecule has 9 heteroatoms. The van der Waals surface area contributed by atoms with Gasteiger partial charge in [0.05, 0.1) is 5.92 Å². The van der Waals surface area contributed by atoms with Crippen LogP contribution in [0.5, 0.6) is 0 Å². The molecule has 2 aliphatic rings. The van der Waals surface area contributed by atoms with E-state index in [2.05, 4.69) is 10.4 Å². The van der Waals surface area contributed by atoms with Gasteiger partial charge in [0.2, 0.25) is 5.91 Å². The second-order valence-corrected chi connectivity index (χ2v) is 11.2. The number of nitrogens with one attached hydrogen (secondary N) is 1. The molecule has 1 saturated carbocycles. The number of aromatic nitrogens is 2. The Balaban J connectivity index is 1.44. The topological polar surface area (TPSA) is 84.3 Å². The largest absolute Gasteiger partial charge is 0.356 e. The standard InChI is InChI=1S/C20H28N4O3S2/c25-19(21-10-5-12-23-13-6-11-22-23)17-15-24(16-20(17)8-2-1-3-9-20)29(26,27)18-7-4-14-28-18/h4,6-7,11,13-14,17H,1-3,5,8-10,12,15-16H2,(H,21,25)/t17-/m1/s1. The van der Waals surface area contributed by atoms with Gasteiger partial charge in [0, 0.05) is 38.6 Å². The van der Waals surface area contributed by atoms with Crippen molar-refractivity contribution in [3.8, 4) is 0 Å². The van der Waals surface area contributed by atoms with Gasteiger partial charge in [0.1, 0.15) is 4.21 Å². The maximum Gasteiger partial charge on any atom is 0.252 e. The Hall–Kier alpha value is -1.71. The zero-order chi connectivity index (χ0) is 20.3. The number of nitrogens with zero attached hydrogens (tertiary/aromatic N) is 3. The Kier molecular flexibility index (Phi) is 6.08. The van der Waals surface area contributed by atoms with E-state index in [0.29, 0.717) is 17.3 Å². The lowest BCUT2D eigenvalue weighted by atomic mass is 9.67. The number of thiophene rings is 1. The number of carbonyl (C=O) groups excluding carboxylic acids is 1. The lowest BCUT2D eigenvalue weighted by Gasteiger charge is -2.37. The van der Waals surface area contributed by atoms with Crippen LogP contribution in [0.3, 0.4) is 0 Å². The van der Waals surface area contributed by atoms with E-state index >= 15 is 0 Å². The van der Waals surface area contributed by atoms with E-state index in [0.717, 1.165) is 45.1 Å². The summed E-state index contributed by atoms with van der Waals surface area (Å²) in [7, 11) is -3.53. The number of amides is 1. The third-order valence-corrected chi connectivity index (χ3v) is 9.48. The van der Waals surface area contributed by atoms with E-state index < -0.39 is 10.0 Å². The molecule has 1 saturated heterocycles. The third-order valence-electron chi connectivity index (χ3n) is 6.29. The van der Waals surface area contributed by atoms with Crippen molar-refractivity contribution in [2.75, 3.05) is 19.6 Å². The Morgan fingerprint density at radius 1 is 1.28 bits per heavy atom. The van der Waals surface area contributed by atoms with E-state index in [1.165, 1.54) is 11.3 Å². The Morgan fingerprint density at radius 3 is 2.79 bits per heavy atom. The number of rotatable bonds is 7. The van der Waals surface area contributed by atoms with Crippen LogP contribution in [0.2, 0.25) is 0 Å². The first kappa shape index (κ1) is 20.6. The van der Waals surface area contributed by atoms with E-state index in [9.17, 15) is 13.2 Å². The van der Waals surface area contributed by atoms with Gasteiger partial charge in [0.25, 0.3) is 10.0 Å². The summed E-state index contributed by atoms with van der Waals surface area (Å²) in [6.07, 6.45) is 9.59. The molecule has 0 unspecified atom stereocenters. The van der Waals surface area contributed by atoms with E-state index in [1.54, 1.807) is 28.0 Å². The molecule has 7 nitrogen and oxygen atoms in total. The quantitative estimate of drug-likeness (QED) is 0.677. The lowest BCUT2D eigenvalue weighted by Crippen LogP contribution is -2.42. The van der Waals surface area contributed by atoms with Crippen molar-refractivity contribution in [2.45, 2.75) is 49.3 Å². The normalized spacial score (nSPS) is 22.1. The zero-order valence-electron chi connectivity index (χ0n) is 16.5. The molecule has 1 atom stereocenters. The van der Waals surface area contributed by atoms with Crippen LogP contribution in [-0.4, -0.2) is 48.0 Å². The van der Waals surface area contributed by atoms with Gasteiger partial charge in [-0.2, -0.15) is 9.40 Å². The minimum Gasteiger partial charge on any atom is -0.356 e. The van der Waals surface area contributed by atoms with Crippen LogP contribution < -0.4 is 5.32 Å². The van der Waals surface area contributed by atoms with Gasteiger partial charge in [-0.15, -0.1) is 11.3 Å². The molecule has 2 aromatic heterocycles. The fourth-order valence-corrected chi connectivity index (χ4v) is 7.47. The van der Waals surface area contributed by atoms with Gasteiger partial charge >= 0.3 is 0 Å². The first-order valence-corrected chi connectivity index (χ1v) is 12.6. The Morgan fingerprint density at radius 2 is 2.10 bits per heavy atom. The second-order valence-electron chi connectivity index (χ2n) is 8.12. The summed E-state index contributed by atoms with van der Waals surface area (Å²) < 4.78 is 29.9. The van der Waals surface area contributed by atoms with Crippen molar-refractivity contribution in [3.05, 3.63) is 36.0 Å². The Labute approximate surface area is 176 Å². The number of aryl methyl sites for hydroxylation is 1. The van der Waals surface area contributed by atoms with Crippen LogP contribution >= 0.6 is 11.3 Å². The summed E-state index contributed by atoms with van der Waals surface area (Å²) >= 11 is 1.24. The summed E-state index contributed by atoms with van der Waals surface area (Å²) in [5.41, 5.74) is -0.228. The molecule has 158 valence electrons. The smallest absolute Gasteiger partial charge is 0.252 e. The predicted molar refractivity (Wildman–Crippen MR) is 112 cm³/mol. The van der Waals surface area contributed by atoms with Crippen molar-refractivity contribution < 1.29 is 13.2 Å². The molecule has 0 aromatic carbocycles. The van der Waals surface area contributed by atoms with E-state index in [4.69, 9.17) is 0 Å². The van der Waals surface area contributed by atoms with E-state index in [-0.39, 0.29) is 23.8 Å². The highest BCUT2D eigenvalue weighted by molar-refractivity contribution is 7.91. The summed E-state index contributed by atoms with van der Waals surface area (Å²) in [6.45, 7) is 2.06. The number of carbonyl (C=O) groups is 1. The molecule has 1 N–H and O–H groups in total. The summed E-state index contributed by atoms with van der Waals surface area (Å²) in [5, 5.41) is 9.02. The minimum atomic E-state index is -3.53. The van der Waals surface area contributed by atoms with Gasteiger partial charge in [-0.25, -0.2) is 8.42 Å². The van der Waals surface area contributed by atoms with Crippen LogP contribution in [-0.2, 0) is 21.4 Å². The number of sulfonamides is 1. The van der Waals surface area contributed by atoms with Crippen molar-refractivity contribution in [1.82, 2.24) is 19.4 Å². The molecule has 29 heavy (non-hydrogen) atoms. The highest BCUT2D eigenvalue weighted by atomic mass is 32.2. The molecule has 1 aliphatic heterocycles. The van der Waals surface area contributed by atoms with Crippen molar-refractivity contribution in [1.29, 1.82) is 0 Å². The summed E-state index contributed by atoms with van der Waals surface area (Å²) in [6, 6.07) is 5.29. The fraction of sp³-hybridized carbons (Fsp3) is 0.600. The molecular weight excluding hydrogens is 408 g/mol. The van der Waals surface area contributed by atoms with Gasteiger partial charge in [-0.1, -0.05) is 25.3 Å². The molecular formula is C20H28N4O3S2. The fourth-order valence-electron chi connectivity index (χ4n) is 4.78. The second kappa shape index (κ2) is 8.57. The average molecular weight is 437 g/mol. The molecule has 2 fully saturated rings. The van der Waals surface area contributed by atoms with Gasteiger partial charge < -0.3 is 5.32 Å². The van der Waals surface area contributed by atoms with Gasteiger partial charge in [0.15, 0.2) is 0 Å². The summed E-state index contributed by atoms with van der Waals surface area (Å²) in [4.78, 5) is 13.1. The van der Waals surface area contributed by atoms with Crippen molar-refractivity contribution in [3.63, 3.8) is 0 Å². The predicted octanol–water partition coefficient (Wildman–Crippen LogP) is 2.72. The molecule has 1 amide bonds. The van der Waals surface area contributed by atoms with Crippen LogP contribution in [0.15, 0.2) is 40.2 Å². The molecule has 2 aromatic rings. The van der Waals surface area contributed by atoms with Crippen molar-refractivity contribution in [2.24, 2.45) is 11.3 Å². The van der Waals surface area contributed by atoms with Crippen LogP contribution in [0, 0.1) is 11.3 Å². The SMILES string of the molecule is O=C(NCCCn1cccn1)[C@H]1CN(S(=O)(=O)c2cccs2)CC12CCCCC2. The van der Waals surface area contributed by atoms with Gasteiger partial charge in [-0.3, -0.25) is 9.48 Å². The van der Waals surface area contributed by atoms with Crippen molar-refractivity contribution >= 4 is 27.3 Å². The first-order chi connectivity index (χ1) is 14.0. The summed E-state index contributed by atoms with van der Waals surface area (Å²) in [5.74, 6) is -0.279. The average Bonchev–Trinajstić information content (AvgIpc) is 3.47. The first-order valence-electron chi connectivity index (χ1n) is 10.3. The molecule has 1 aliphatic carbocycles. The third kappa shape index (κ3) is 4.27. The molecule has 0 radical (unpaired) electrons. The van der Waals surface area contributed by atoms with E-state index in [1.807, 2.05) is 16.9 Å². The molecule has 3 heterocycles. The maximum absolute atomic E-state index is 13.1. The van der Waals surface area contributed by atoms with Crippen LogP contribution in [0.4, 0.5) is 0 Å². The number of hydrogen-bond acceptors (Lipinski definition) is 5. The van der Waals surface area contributed by atoms with Crippen LogP contribution in [0.1, 0.15) is 38.5 Å². The highest BCUT2D eigenvalue weighted by Gasteiger charge is 2.53. The van der Waals surface area contributed by atoms with Crippen LogP contribution in [0.25, 0.3) is 0 Å². The molecule has 0 bridgehead atoms. The zero-order valence-corrected chi connectivity index (χ0v) is 18.1. The number of hydrogen-bond donors (Lipinski definition) is 1. The minimum absolute atomic E-state index is 0.00348. The highest BCUT2D eigenvalue weighted by Crippen LogP contribution is 2.49. The Bertz CT molecular complexity index is 904. The monoisotopic (exact) mass is 436 g/mol. The maximum atomic E-state index is 13.1. The molecule has 4 rings (SSSR count).